The van der Waals surface area contributed by atoms with Gasteiger partial charge in [-0.1, -0.05) is 0 Å². The molecule has 0 saturated heterocycles. The maximum absolute atomic E-state index is 10.0. The highest BCUT2D eigenvalue weighted by atomic mass is 32.2. The lowest BCUT2D eigenvalue weighted by Crippen LogP contribution is -2.00. The average molecular weight is 132 g/mol. The van der Waals surface area contributed by atoms with Crippen LogP contribution >= 0.6 is 0 Å². The van der Waals surface area contributed by atoms with Crippen LogP contribution in [0.3, 0.4) is 0 Å². The molecule has 1 heterocycles. The Bertz CT molecular complexity index is 274. The molecule has 0 N–H and O–H groups in total. The van der Waals surface area contributed by atoms with Crippen molar-refractivity contribution in [2.24, 2.45) is 0 Å². The van der Waals surface area contributed by atoms with Gasteiger partial charge in [-0.15, -0.1) is 0 Å². The molecule has 0 saturated carbocycles. The van der Waals surface area contributed by atoms with Gasteiger partial charge in [-0.25, -0.2) is 4.79 Å². The molecule has 0 bridgehead atoms. The number of hydrogen-bond acceptors (Lipinski definition) is 4. The fourth-order valence-corrected chi connectivity index (χ4v) is 0.736. The quantitative estimate of drug-likeness (QED) is 0.308. The second-order valence-electron chi connectivity index (χ2n) is 1.05. The molecular formula is C3O4S. The van der Waals surface area contributed by atoms with Gasteiger partial charge >= 0.3 is 16.1 Å². The Morgan fingerprint density at radius 1 is 1.50 bits per heavy atom. The van der Waals surface area contributed by atoms with Gasteiger partial charge in [-0.05, 0) is 0 Å². The molecule has 0 radical (unpaired) electrons. The van der Waals surface area contributed by atoms with Gasteiger partial charge in [0.05, 0.1) is 5.25 Å². The Labute approximate surface area is 45.6 Å². The number of hydrogen-bond donors (Lipinski definition) is 0. The first-order valence-electron chi connectivity index (χ1n) is 1.61. The van der Waals surface area contributed by atoms with Crippen molar-refractivity contribution in [2.45, 2.75) is 0 Å². The molecular weight excluding hydrogens is 132 g/mol. The first-order chi connectivity index (χ1) is 3.60. The van der Waals surface area contributed by atoms with Crippen LogP contribution in [0.1, 0.15) is 0 Å². The minimum atomic E-state index is -3.81. The molecule has 0 unspecified atom stereocenters. The lowest BCUT2D eigenvalue weighted by Gasteiger charge is -1.82. The highest BCUT2D eigenvalue weighted by molar-refractivity contribution is 7.92. The summed E-state index contributed by atoms with van der Waals surface area (Å²) >= 11 is 0. The monoisotopic (exact) mass is 132 g/mol. The molecule has 42 valence electrons. The summed E-state index contributed by atoms with van der Waals surface area (Å²) in [5, 5.41) is 1.60. The highest BCUT2D eigenvalue weighted by Crippen LogP contribution is 1.96. The summed E-state index contributed by atoms with van der Waals surface area (Å²) < 4.78 is 23.7. The van der Waals surface area contributed by atoms with Crippen LogP contribution in [0.5, 0.6) is 0 Å². The Balaban J connectivity index is 3.14. The van der Waals surface area contributed by atoms with Gasteiger partial charge in [0.15, 0.2) is 0 Å². The van der Waals surface area contributed by atoms with E-state index in [0.717, 1.165) is 0 Å². The van der Waals surface area contributed by atoms with E-state index in [2.05, 4.69) is 4.18 Å². The molecule has 0 aromatic rings. The van der Waals surface area contributed by atoms with Crippen molar-refractivity contribution >= 4 is 16.1 Å². The molecule has 0 fully saturated rings. The van der Waals surface area contributed by atoms with Gasteiger partial charge in [0, 0.05) is 5.92 Å². The fraction of sp³-hybridized carbons (Fsp3) is 0. The zero-order chi connectivity index (χ0) is 6.20. The van der Waals surface area contributed by atoms with Crippen molar-refractivity contribution in [3.63, 3.8) is 0 Å². The largest absolute Gasteiger partial charge is 0.401 e. The Hall–Kier alpha value is -1.02. The van der Waals surface area contributed by atoms with Crippen LogP contribution in [0.15, 0.2) is 0 Å². The normalized spacial score (nSPS) is 21.2. The molecule has 1 aliphatic heterocycles. The summed E-state index contributed by atoms with van der Waals surface area (Å²) in [7, 11) is -3.81. The van der Waals surface area contributed by atoms with E-state index in [1.165, 1.54) is 0 Å². The van der Waals surface area contributed by atoms with E-state index in [1.54, 1.807) is 11.2 Å². The Morgan fingerprint density at radius 3 is 2.25 bits per heavy atom. The number of carbonyl (C=O) groups is 1. The fourth-order valence-electron chi connectivity index (χ4n) is 0.245. The lowest BCUT2D eigenvalue weighted by molar-refractivity contribution is -0.127. The molecule has 5 heteroatoms. The van der Waals surface area contributed by atoms with Crippen molar-refractivity contribution in [2.75, 3.05) is 0 Å². The van der Waals surface area contributed by atoms with Crippen molar-refractivity contribution in [1.82, 2.24) is 0 Å². The molecule has 1 aliphatic rings. The van der Waals surface area contributed by atoms with Crippen LogP contribution in [0.25, 0.3) is 0 Å². The van der Waals surface area contributed by atoms with Crippen LogP contribution in [-0.4, -0.2) is 14.4 Å². The van der Waals surface area contributed by atoms with Crippen LogP contribution in [0.4, 0.5) is 0 Å². The van der Waals surface area contributed by atoms with E-state index in [4.69, 9.17) is 0 Å². The van der Waals surface area contributed by atoms with Crippen molar-refractivity contribution in [3.8, 4) is 11.2 Å². The second kappa shape index (κ2) is 1.23. The summed E-state index contributed by atoms with van der Waals surface area (Å²) in [5.41, 5.74) is 0. The van der Waals surface area contributed by atoms with Gasteiger partial charge < -0.3 is 4.18 Å². The summed E-state index contributed by atoms with van der Waals surface area (Å²) in [6.45, 7) is 0. The maximum atomic E-state index is 10.0. The van der Waals surface area contributed by atoms with Gasteiger partial charge in [0.1, 0.15) is 0 Å². The van der Waals surface area contributed by atoms with Gasteiger partial charge in [0.2, 0.25) is 0 Å². The van der Waals surface area contributed by atoms with E-state index in [9.17, 15) is 13.2 Å². The van der Waals surface area contributed by atoms with Gasteiger partial charge in [-0.2, -0.15) is 8.42 Å². The Kier molecular flexibility index (Phi) is 0.788. The van der Waals surface area contributed by atoms with E-state index < -0.39 is 16.1 Å². The van der Waals surface area contributed by atoms with Crippen LogP contribution in [0.2, 0.25) is 0 Å². The zero-order valence-electron chi connectivity index (χ0n) is 3.54. The topological polar surface area (TPSA) is 60.4 Å². The molecule has 0 amide bonds. The molecule has 4 nitrogen and oxygen atoms in total. The third-order valence-corrected chi connectivity index (χ3v) is 1.19. The predicted octanol–water partition coefficient (Wildman–Crippen LogP) is -1.17. The lowest BCUT2D eigenvalue weighted by atomic mass is 10.7. The van der Waals surface area contributed by atoms with E-state index in [1.807, 2.05) is 0 Å². The van der Waals surface area contributed by atoms with Crippen molar-refractivity contribution in [1.29, 1.82) is 0 Å². The first-order valence-corrected chi connectivity index (χ1v) is 3.02. The molecule has 1 rings (SSSR count). The number of carbonyl (C=O) groups excluding carboxylic acids is 1. The SMILES string of the molecule is O=C1C#CS(=O)(=O)O1. The van der Waals surface area contributed by atoms with Crippen LogP contribution in [-0.2, 0) is 19.1 Å². The smallest absolute Gasteiger partial charge is 0.325 e. The first kappa shape index (κ1) is 5.12. The summed E-state index contributed by atoms with van der Waals surface area (Å²) in [5.74, 6) is 0.701. The molecule has 8 heavy (non-hydrogen) atoms. The van der Waals surface area contributed by atoms with Crippen LogP contribution < -0.4 is 0 Å². The maximum Gasteiger partial charge on any atom is 0.401 e. The summed E-state index contributed by atoms with van der Waals surface area (Å²) in [6, 6.07) is 0. The minimum absolute atomic E-state index is 1.01. The molecule has 0 aliphatic carbocycles. The van der Waals surface area contributed by atoms with E-state index in [-0.39, 0.29) is 0 Å². The third kappa shape index (κ3) is 0.792. The van der Waals surface area contributed by atoms with E-state index >= 15 is 0 Å². The van der Waals surface area contributed by atoms with E-state index in [0.29, 0.717) is 0 Å². The molecule has 0 spiro atoms. The predicted molar refractivity (Wildman–Crippen MR) is 22.8 cm³/mol. The minimum Gasteiger partial charge on any atom is -0.325 e. The third-order valence-electron chi connectivity index (χ3n) is 0.463. The second-order valence-corrected chi connectivity index (χ2v) is 2.33. The standard InChI is InChI=1S/C3O4S/c4-3-1-2-8(5,6)7-3. The van der Waals surface area contributed by atoms with Crippen molar-refractivity contribution < 1.29 is 17.4 Å². The molecule has 0 aromatic heterocycles. The zero-order valence-corrected chi connectivity index (χ0v) is 4.36. The Morgan fingerprint density at radius 2 is 2.12 bits per heavy atom. The van der Waals surface area contributed by atoms with Crippen LogP contribution in [0, 0.1) is 11.2 Å². The van der Waals surface area contributed by atoms with Gasteiger partial charge in [0.25, 0.3) is 0 Å². The average Bonchev–Trinajstić information content (AvgIpc) is 1.82. The highest BCUT2D eigenvalue weighted by Gasteiger charge is 2.18. The number of rotatable bonds is 0. The molecule has 0 aromatic carbocycles. The summed E-state index contributed by atoms with van der Waals surface area (Å²) in [6.07, 6.45) is 0. The molecule has 0 atom stereocenters. The van der Waals surface area contributed by atoms with Gasteiger partial charge in [-0.3, -0.25) is 0 Å². The summed E-state index contributed by atoms with van der Waals surface area (Å²) in [4.78, 5) is 9.88. The van der Waals surface area contributed by atoms with Crippen molar-refractivity contribution in [3.05, 3.63) is 0 Å².